The highest BCUT2D eigenvalue weighted by Crippen LogP contribution is 2.47. The van der Waals surface area contributed by atoms with Gasteiger partial charge in [0.05, 0.1) is 18.0 Å². The molecule has 0 spiro atoms. The summed E-state index contributed by atoms with van der Waals surface area (Å²) in [5.41, 5.74) is 1.88. The van der Waals surface area contributed by atoms with Crippen LogP contribution < -0.4 is 0 Å². The van der Waals surface area contributed by atoms with Crippen molar-refractivity contribution < 1.29 is 5.11 Å². The van der Waals surface area contributed by atoms with Crippen LogP contribution in [-0.4, -0.2) is 21.7 Å². The molecule has 12 heavy (non-hydrogen) atoms. The van der Waals surface area contributed by atoms with Crippen LogP contribution in [0.15, 0.2) is 12.4 Å². The molecule has 1 aromatic heterocycles. The van der Waals surface area contributed by atoms with E-state index in [0.717, 1.165) is 24.2 Å². The zero-order chi connectivity index (χ0) is 8.60. The van der Waals surface area contributed by atoms with E-state index in [9.17, 15) is 0 Å². The number of aliphatic hydroxyl groups is 1. The topological polar surface area (TPSA) is 46.0 Å². The highest BCUT2D eigenvalue weighted by atomic mass is 16.3. The Kier molecular flexibility index (Phi) is 1.61. The molecule has 1 aliphatic rings. The van der Waals surface area contributed by atoms with Gasteiger partial charge in [0.25, 0.3) is 0 Å². The first-order valence-electron chi connectivity index (χ1n) is 4.17. The minimum atomic E-state index is -0.0433. The van der Waals surface area contributed by atoms with E-state index in [1.165, 1.54) is 0 Å². The maximum atomic E-state index is 9.17. The average molecular weight is 164 g/mol. The van der Waals surface area contributed by atoms with Crippen LogP contribution in [0.5, 0.6) is 0 Å². The van der Waals surface area contributed by atoms with Crippen molar-refractivity contribution in [2.45, 2.75) is 25.2 Å². The number of hydrogen-bond acceptors (Lipinski definition) is 3. The molecule has 0 radical (unpaired) electrons. The summed E-state index contributed by atoms with van der Waals surface area (Å²) >= 11 is 0. The minimum Gasteiger partial charge on any atom is -0.395 e. The van der Waals surface area contributed by atoms with Crippen molar-refractivity contribution in [2.75, 3.05) is 6.61 Å². The lowest BCUT2D eigenvalue weighted by atomic mass is 10.0. The van der Waals surface area contributed by atoms with Gasteiger partial charge in [-0.15, -0.1) is 0 Å². The van der Waals surface area contributed by atoms with Crippen LogP contribution in [0, 0.1) is 6.92 Å². The molecule has 1 N–H and O–H groups in total. The van der Waals surface area contributed by atoms with E-state index in [-0.39, 0.29) is 12.0 Å². The Balaban J connectivity index is 2.40. The maximum absolute atomic E-state index is 9.17. The molecule has 1 saturated carbocycles. The smallest absolute Gasteiger partial charge is 0.0700 e. The second-order valence-corrected chi connectivity index (χ2v) is 3.43. The third kappa shape index (κ3) is 1.01. The fourth-order valence-electron chi connectivity index (χ4n) is 1.55. The van der Waals surface area contributed by atoms with Crippen LogP contribution >= 0.6 is 0 Å². The van der Waals surface area contributed by atoms with Gasteiger partial charge in [0.2, 0.25) is 0 Å². The lowest BCUT2D eigenvalue weighted by Crippen LogP contribution is -2.16. The Hall–Kier alpha value is -0.960. The largest absolute Gasteiger partial charge is 0.395 e. The molecule has 1 heterocycles. The van der Waals surface area contributed by atoms with E-state index in [1.807, 2.05) is 6.92 Å². The summed E-state index contributed by atoms with van der Waals surface area (Å²) in [4.78, 5) is 8.42. The van der Waals surface area contributed by atoms with Crippen LogP contribution in [0.4, 0.5) is 0 Å². The number of rotatable bonds is 2. The third-order valence-electron chi connectivity index (χ3n) is 2.54. The van der Waals surface area contributed by atoms with Crippen LogP contribution in [0.1, 0.15) is 24.2 Å². The van der Waals surface area contributed by atoms with Gasteiger partial charge >= 0.3 is 0 Å². The van der Waals surface area contributed by atoms with E-state index in [0.29, 0.717) is 0 Å². The fourth-order valence-corrected chi connectivity index (χ4v) is 1.55. The number of nitrogens with zero attached hydrogens (tertiary/aromatic N) is 2. The van der Waals surface area contributed by atoms with Gasteiger partial charge in [0, 0.05) is 17.8 Å². The molecular weight excluding hydrogens is 152 g/mol. The molecule has 3 heteroatoms. The van der Waals surface area contributed by atoms with Crippen molar-refractivity contribution in [1.82, 2.24) is 9.97 Å². The lowest BCUT2D eigenvalue weighted by molar-refractivity contribution is 0.252. The molecule has 0 saturated heterocycles. The predicted molar refractivity (Wildman–Crippen MR) is 44.8 cm³/mol. The van der Waals surface area contributed by atoms with Crippen molar-refractivity contribution in [2.24, 2.45) is 0 Å². The molecule has 0 aliphatic heterocycles. The zero-order valence-corrected chi connectivity index (χ0v) is 7.12. The summed E-state index contributed by atoms with van der Waals surface area (Å²) in [6.45, 7) is 2.14. The van der Waals surface area contributed by atoms with E-state index < -0.39 is 0 Å². The molecule has 0 atom stereocenters. The first kappa shape index (κ1) is 7.68. The van der Waals surface area contributed by atoms with Gasteiger partial charge in [-0.1, -0.05) is 0 Å². The van der Waals surface area contributed by atoms with Crippen molar-refractivity contribution in [1.29, 1.82) is 0 Å². The molecule has 1 aliphatic carbocycles. The average Bonchev–Trinajstić information content (AvgIpc) is 2.86. The second-order valence-electron chi connectivity index (χ2n) is 3.43. The van der Waals surface area contributed by atoms with Crippen molar-refractivity contribution in [3.05, 3.63) is 23.8 Å². The van der Waals surface area contributed by atoms with E-state index in [2.05, 4.69) is 9.97 Å². The number of aliphatic hydroxyl groups excluding tert-OH is 1. The van der Waals surface area contributed by atoms with E-state index in [4.69, 9.17) is 5.11 Å². The molecule has 1 aromatic rings. The number of aromatic nitrogens is 2. The monoisotopic (exact) mass is 164 g/mol. The van der Waals surface area contributed by atoms with Gasteiger partial charge in [-0.25, -0.2) is 0 Å². The molecular formula is C9H12N2O. The maximum Gasteiger partial charge on any atom is 0.0700 e. The van der Waals surface area contributed by atoms with Crippen LogP contribution in [0.25, 0.3) is 0 Å². The molecule has 0 bridgehead atoms. The lowest BCUT2D eigenvalue weighted by Gasteiger charge is -2.11. The van der Waals surface area contributed by atoms with Gasteiger partial charge in [0.1, 0.15) is 0 Å². The highest BCUT2D eigenvalue weighted by Gasteiger charge is 2.46. The summed E-state index contributed by atoms with van der Waals surface area (Å²) < 4.78 is 0. The predicted octanol–water partition coefficient (Wildman–Crippen LogP) is 0.809. The summed E-state index contributed by atoms with van der Waals surface area (Å²) in [5.74, 6) is 0. The van der Waals surface area contributed by atoms with Crippen molar-refractivity contribution in [3.8, 4) is 0 Å². The first-order chi connectivity index (χ1) is 5.78. The molecule has 2 rings (SSSR count). The standard InChI is InChI=1S/C9H12N2O/c1-7-8(11-5-4-10-7)9(6-12)2-3-9/h4-5,12H,2-3,6H2,1H3. The van der Waals surface area contributed by atoms with Gasteiger partial charge in [0.15, 0.2) is 0 Å². The number of hydrogen-bond donors (Lipinski definition) is 1. The van der Waals surface area contributed by atoms with Crippen molar-refractivity contribution >= 4 is 0 Å². The molecule has 0 aromatic carbocycles. The Morgan fingerprint density at radius 1 is 1.42 bits per heavy atom. The summed E-state index contributed by atoms with van der Waals surface area (Å²) in [5, 5.41) is 9.17. The molecule has 1 fully saturated rings. The summed E-state index contributed by atoms with van der Waals surface area (Å²) in [6, 6.07) is 0. The second kappa shape index (κ2) is 2.52. The number of aryl methyl sites for hydroxylation is 1. The van der Waals surface area contributed by atoms with Crippen molar-refractivity contribution in [3.63, 3.8) is 0 Å². The van der Waals surface area contributed by atoms with Crippen LogP contribution in [0.2, 0.25) is 0 Å². The first-order valence-corrected chi connectivity index (χ1v) is 4.17. The summed E-state index contributed by atoms with van der Waals surface area (Å²) in [7, 11) is 0. The Morgan fingerprint density at radius 3 is 2.58 bits per heavy atom. The third-order valence-corrected chi connectivity index (χ3v) is 2.54. The van der Waals surface area contributed by atoms with E-state index >= 15 is 0 Å². The highest BCUT2D eigenvalue weighted by molar-refractivity contribution is 5.27. The quantitative estimate of drug-likeness (QED) is 0.703. The van der Waals surface area contributed by atoms with E-state index in [1.54, 1.807) is 12.4 Å². The van der Waals surface area contributed by atoms with Gasteiger partial charge in [-0.2, -0.15) is 0 Å². The normalized spacial score (nSPS) is 19.2. The van der Waals surface area contributed by atoms with Crippen LogP contribution in [0.3, 0.4) is 0 Å². The molecule has 0 unspecified atom stereocenters. The molecule has 3 nitrogen and oxygen atoms in total. The Bertz CT molecular complexity index is 294. The zero-order valence-electron chi connectivity index (χ0n) is 7.12. The van der Waals surface area contributed by atoms with Crippen LogP contribution in [-0.2, 0) is 5.41 Å². The Labute approximate surface area is 71.5 Å². The summed E-state index contributed by atoms with van der Waals surface area (Å²) in [6.07, 6.45) is 5.47. The van der Waals surface area contributed by atoms with Gasteiger partial charge in [-0.05, 0) is 19.8 Å². The Morgan fingerprint density at radius 2 is 2.08 bits per heavy atom. The fraction of sp³-hybridized carbons (Fsp3) is 0.556. The van der Waals surface area contributed by atoms with Gasteiger partial charge in [-0.3, -0.25) is 9.97 Å². The van der Waals surface area contributed by atoms with Gasteiger partial charge < -0.3 is 5.11 Å². The molecule has 64 valence electrons. The SMILES string of the molecule is Cc1nccnc1C1(CO)CC1. The molecule has 0 amide bonds. The minimum absolute atomic E-state index is 0.0433.